The lowest BCUT2D eigenvalue weighted by Crippen LogP contribution is -2.29. The van der Waals surface area contributed by atoms with Crippen LogP contribution in [0.1, 0.15) is 11.1 Å². The zero-order chi connectivity index (χ0) is 19.2. The Hall–Kier alpha value is -3.85. The van der Waals surface area contributed by atoms with Crippen molar-refractivity contribution in [3.63, 3.8) is 0 Å². The molecule has 0 atom stereocenters. The number of nitrogens with zero attached hydrogens (tertiary/aromatic N) is 3. The minimum Gasteiger partial charge on any atom is -0.265 e. The van der Waals surface area contributed by atoms with E-state index in [-0.39, 0.29) is 0 Å². The summed E-state index contributed by atoms with van der Waals surface area (Å²) < 4.78 is 2.22. The molecule has 3 nitrogen and oxygen atoms in total. The lowest BCUT2D eigenvalue weighted by Gasteiger charge is -2.09. The van der Waals surface area contributed by atoms with Gasteiger partial charge in [-0.15, -0.1) is 0 Å². The van der Waals surface area contributed by atoms with Crippen LogP contribution in [0.25, 0.3) is 38.0 Å². The van der Waals surface area contributed by atoms with E-state index in [4.69, 9.17) is 0 Å². The van der Waals surface area contributed by atoms with Gasteiger partial charge in [0.25, 0.3) is 0 Å². The third-order valence-corrected chi connectivity index (χ3v) is 5.67. The van der Waals surface area contributed by atoms with Crippen LogP contribution in [-0.4, -0.2) is 9.97 Å². The molecule has 3 heterocycles. The molecule has 3 aromatic carbocycles. The van der Waals surface area contributed by atoms with E-state index < -0.39 is 0 Å². The average molecular weight is 372 g/mol. The minimum atomic E-state index is 0.919. The standard InChI is InChI=1S/C26H18N3/c1-7-24(8-2-18(1)13-19-9-11-27-12-10-19)29-16-22-5-3-20-14-28-15-21-4-6-23(17-29)26(22)25(20)21/h1-12,14-17H,13H2/q+1. The zero-order valence-corrected chi connectivity index (χ0v) is 15.8. The molecule has 6 aromatic rings. The summed E-state index contributed by atoms with van der Waals surface area (Å²) in [4.78, 5) is 8.46. The summed E-state index contributed by atoms with van der Waals surface area (Å²) in [5, 5.41) is 7.49. The monoisotopic (exact) mass is 372 g/mol. The van der Waals surface area contributed by atoms with Crippen molar-refractivity contribution in [1.29, 1.82) is 0 Å². The molecule has 0 aliphatic heterocycles. The van der Waals surface area contributed by atoms with Crippen LogP contribution in [0, 0.1) is 0 Å². The van der Waals surface area contributed by atoms with E-state index in [0.29, 0.717) is 0 Å². The molecule has 0 fully saturated rings. The highest BCUT2D eigenvalue weighted by Crippen LogP contribution is 2.32. The fourth-order valence-corrected chi connectivity index (χ4v) is 4.24. The first-order valence-corrected chi connectivity index (χ1v) is 9.77. The van der Waals surface area contributed by atoms with Crippen LogP contribution in [0.5, 0.6) is 0 Å². The number of rotatable bonds is 3. The molecule has 0 unspecified atom stereocenters. The fraction of sp³-hybridized carbons (Fsp3) is 0.0385. The van der Waals surface area contributed by atoms with Gasteiger partial charge in [0.1, 0.15) is 0 Å². The van der Waals surface area contributed by atoms with Crippen LogP contribution in [0.3, 0.4) is 0 Å². The zero-order valence-electron chi connectivity index (χ0n) is 15.8. The highest BCUT2D eigenvalue weighted by Gasteiger charge is 2.14. The highest BCUT2D eigenvalue weighted by atomic mass is 14.9. The summed E-state index contributed by atoms with van der Waals surface area (Å²) in [5.41, 5.74) is 3.74. The Morgan fingerprint density at radius 1 is 0.552 bits per heavy atom. The van der Waals surface area contributed by atoms with E-state index in [9.17, 15) is 0 Å². The Labute approximate surface area is 168 Å². The van der Waals surface area contributed by atoms with Crippen molar-refractivity contribution in [2.24, 2.45) is 0 Å². The molecule has 0 amide bonds. The molecule has 0 aliphatic carbocycles. The number of hydrogen-bond donors (Lipinski definition) is 0. The minimum absolute atomic E-state index is 0.919. The Kier molecular flexibility index (Phi) is 3.53. The number of benzene rings is 3. The number of pyridine rings is 3. The molecule has 0 bridgehead atoms. The average Bonchev–Trinajstić information content (AvgIpc) is 2.78. The van der Waals surface area contributed by atoms with Crippen LogP contribution in [0.4, 0.5) is 0 Å². The smallest absolute Gasteiger partial charge is 0.210 e. The second-order valence-electron chi connectivity index (χ2n) is 7.51. The van der Waals surface area contributed by atoms with Gasteiger partial charge in [-0.1, -0.05) is 24.3 Å². The van der Waals surface area contributed by atoms with Gasteiger partial charge in [-0.2, -0.15) is 4.57 Å². The molecule has 0 saturated heterocycles. The molecular weight excluding hydrogens is 354 g/mol. The SMILES string of the molecule is c1cc(Cc2ccc(-[n+]3cc4ccc5cncc6ccc(c3)c4c56)cc2)ccn1. The molecule has 3 heteroatoms. The van der Waals surface area contributed by atoms with E-state index in [1.807, 2.05) is 24.8 Å². The van der Waals surface area contributed by atoms with Crippen LogP contribution in [0.2, 0.25) is 0 Å². The predicted molar refractivity (Wildman–Crippen MR) is 117 cm³/mol. The maximum atomic E-state index is 4.36. The first kappa shape index (κ1) is 16.1. The topological polar surface area (TPSA) is 29.7 Å². The van der Waals surface area contributed by atoms with Crippen LogP contribution in [0.15, 0.2) is 97.8 Å². The largest absolute Gasteiger partial charge is 0.265 e. The highest BCUT2D eigenvalue weighted by molar-refractivity contribution is 6.22. The first-order chi connectivity index (χ1) is 14.3. The van der Waals surface area contributed by atoms with Crippen molar-refractivity contribution < 1.29 is 4.57 Å². The van der Waals surface area contributed by atoms with Crippen molar-refractivity contribution in [3.05, 3.63) is 109 Å². The maximum Gasteiger partial charge on any atom is 0.210 e. The summed E-state index contributed by atoms with van der Waals surface area (Å²) in [6.45, 7) is 0. The molecule has 136 valence electrons. The van der Waals surface area contributed by atoms with Crippen molar-refractivity contribution in [2.75, 3.05) is 0 Å². The molecule has 0 N–H and O–H groups in total. The Balaban J connectivity index is 1.44. The fourth-order valence-electron chi connectivity index (χ4n) is 4.24. The van der Waals surface area contributed by atoms with E-state index in [2.05, 4.69) is 87.6 Å². The van der Waals surface area contributed by atoms with Crippen LogP contribution < -0.4 is 4.57 Å². The van der Waals surface area contributed by atoms with Crippen molar-refractivity contribution >= 4 is 32.3 Å². The first-order valence-electron chi connectivity index (χ1n) is 9.77. The second-order valence-corrected chi connectivity index (χ2v) is 7.51. The summed E-state index contributed by atoms with van der Waals surface area (Å²) in [6, 6.07) is 21.7. The molecular formula is C26H18N3+. The van der Waals surface area contributed by atoms with Gasteiger partial charge in [0, 0.05) is 69.2 Å². The van der Waals surface area contributed by atoms with Gasteiger partial charge in [0.2, 0.25) is 5.69 Å². The van der Waals surface area contributed by atoms with Crippen LogP contribution >= 0.6 is 0 Å². The van der Waals surface area contributed by atoms with Crippen LogP contribution in [-0.2, 0) is 6.42 Å². The molecule has 0 saturated carbocycles. The quantitative estimate of drug-likeness (QED) is 0.314. The maximum absolute atomic E-state index is 4.36. The summed E-state index contributed by atoms with van der Waals surface area (Å²) >= 11 is 0. The van der Waals surface area contributed by atoms with Gasteiger partial charge in [-0.05, 0) is 41.8 Å². The van der Waals surface area contributed by atoms with E-state index in [1.54, 1.807) is 0 Å². The van der Waals surface area contributed by atoms with E-state index in [0.717, 1.165) is 12.1 Å². The van der Waals surface area contributed by atoms with E-state index in [1.165, 1.54) is 43.4 Å². The van der Waals surface area contributed by atoms with Gasteiger partial charge >= 0.3 is 0 Å². The van der Waals surface area contributed by atoms with Crippen molar-refractivity contribution in [3.8, 4) is 5.69 Å². The van der Waals surface area contributed by atoms with E-state index >= 15 is 0 Å². The van der Waals surface area contributed by atoms with Crippen molar-refractivity contribution in [2.45, 2.75) is 6.42 Å². The predicted octanol–water partition coefficient (Wildman–Crippen LogP) is 5.24. The Morgan fingerprint density at radius 2 is 1.10 bits per heavy atom. The molecule has 0 aliphatic rings. The van der Waals surface area contributed by atoms with Gasteiger partial charge in [0.05, 0.1) is 0 Å². The van der Waals surface area contributed by atoms with Crippen molar-refractivity contribution in [1.82, 2.24) is 9.97 Å². The Morgan fingerprint density at radius 3 is 1.76 bits per heavy atom. The normalized spacial score (nSPS) is 11.6. The molecule has 3 aromatic heterocycles. The third-order valence-electron chi connectivity index (χ3n) is 5.67. The van der Waals surface area contributed by atoms with Gasteiger partial charge in [0.15, 0.2) is 12.4 Å². The van der Waals surface area contributed by atoms with Gasteiger partial charge in [-0.25, -0.2) is 0 Å². The molecule has 6 rings (SSSR count). The number of hydrogen-bond acceptors (Lipinski definition) is 2. The van der Waals surface area contributed by atoms with Gasteiger partial charge < -0.3 is 0 Å². The molecule has 0 radical (unpaired) electrons. The summed E-state index contributed by atoms with van der Waals surface area (Å²) in [6.07, 6.45) is 13.0. The van der Waals surface area contributed by atoms with Gasteiger partial charge in [-0.3, -0.25) is 9.97 Å². The lowest BCUT2D eigenvalue weighted by molar-refractivity contribution is -0.592. The molecule has 0 spiro atoms. The molecule has 29 heavy (non-hydrogen) atoms. The second kappa shape index (κ2) is 6.35. The summed E-state index contributed by atoms with van der Waals surface area (Å²) in [7, 11) is 0. The Bertz CT molecular complexity index is 1390. The lowest BCUT2D eigenvalue weighted by atomic mass is 9.97. The summed E-state index contributed by atoms with van der Waals surface area (Å²) in [5.74, 6) is 0. The third kappa shape index (κ3) is 2.71. The number of aromatic nitrogens is 3.